The second kappa shape index (κ2) is 11.7. The second-order valence-electron chi connectivity index (χ2n) is 6.95. The van der Waals surface area contributed by atoms with Crippen LogP contribution in [-0.4, -0.2) is 37.9 Å². The lowest BCUT2D eigenvalue weighted by Crippen LogP contribution is -2.12. The summed E-state index contributed by atoms with van der Waals surface area (Å²) in [5.74, 6) is 1.07. The fourth-order valence-corrected chi connectivity index (χ4v) is 4.67. The molecule has 174 valence electrons. The summed E-state index contributed by atoms with van der Waals surface area (Å²) in [6, 6.07) is 16.4. The van der Waals surface area contributed by atoms with Crippen molar-refractivity contribution in [2.75, 3.05) is 16.4 Å². The van der Waals surface area contributed by atoms with Gasteiger partial charge in [-0.2, -0.15) is 4.98 Å². The van der Waals surface area contributed by atoms with Crippen LogP contribution in [0, 0.1) is 0 Å². The third kappa shape index (κ3) is 7.11. The first kappa shape index (κ1) is 23.9. The van der Waals surface area contributed by atoms with E-state index in [1.807, 2.05) is 30.3 Å². The van der Waals surface area contributed by atoms with Crippen LogP contribution in [0.25, 0.3) is 11.4 Å². The van der Waals surface area contributed by atoms with Gasteiger partial charge in [0.25, 0.3) is 0 Å². The molecule has 0 bridgehead atoms. The molecule has 2 heterocycles. The van der Waals surface area contributed by atoms with Crippen molar-refractivity contribution in [1.82, 2.24) is 20.3 Å². The first-order valence-electron chi connectivity index (χ1n) is 10.2. The number of benzene rings is 2. The Morgan fingerprint density at radius 2 is 1.74 bits per heavy atom. The van der Waals surface area contributed by atoms with Crippen LogP contribution in [0.2, 0.25) is 5.02 Å². The predicted octanol–water partition coefficient (Wildman–Crippen LogP) is 4.93. The molecule has 2 aromatic heterocycles. The average Bonchev–Trinajstić information content (AvgIpc) is 3.49. The van der Waals surface area contributed by atoms with Gasteiger partial charge in [0.2, 0.25) is 28.7 Å². The Kier molecular flexibility index (Phi) is 8.23. The normalized spacial score (nSPS) is 10.7. The number of hydrogen-bond acceptors (Lipinski definition) is 9. The monoisotopic (exact) mass is 514 g/mol. The molecular weight excluding hydrogens is 496 g/mol. The fourth-order valence-electron chi connectivity index (χ4n) is 2.77. The highest BCUT2D eigenvalue weighted by Gasteiger charge is 2.13. The number of amides is 2. The summed E-state index contributed by atoms with van der Waals surface area (Å²) >= 11 is 8.49. The van der Waals surface area contributed by atoms with E-state index in [9.17, 15) is 9.59 Å². The molecule has 0 fully saturated rings. The number of aromatic nitrogens is 4. The molecule has 0 aliphatic rings. The molecule has 0 atom stereocenters. The highest BCUT2D eigenvalue weighted by Crippen LogP contribution is 2.26. The molecule has 0 radical (unpaired) electrons. The van der Waals surface area contributed by atoms with Crippen molar-refractivity contribution in [3.8, 4) is 11.4 Å². The summed E-state index contributed by atoms with van der Waals surface area (Å²) in [5, 5.41) is 18.5. The maximum Gasteiger partial charge on any atom is 0.227 e. The number of hydrogen-bond donors (Lipinski definition) is 2. The van der Waals surface area contributed by atoms with Crippen molar-refractivity contribution in [3.05, 3.63) is 65.5 Å². The van der Waals surface area contributed by atoms with Gasteiger partial charge in [-0.15, -0.1) is 10.2 Å². The summed E-state index contributed by atoms with van der Waals surface area (Å²) in [7, 11) is 0. The molecule has 0 unspecified atom stereocenters. The van der Waals surface area contributed by atoms with E-state index in [0.29, 0.717) is 50.5 Å². The molecule has 0 aliphatic carbocycles. The zero-order valence-corrected chi connectivity index (χ0v) is 20.1. The second-order valence-corrected chi connectivity index (χ2v) is 9.71. The van der Waals surface area contributed by atoms with E-state index >= 15 is 0 Å². The minimum absolute atomic E-state index is 0.107. The minimum Gasteiger partial charge on any atom is -0.339 e. The van der Waals surface area contributed by atoms with Crippen LogP contribution >= 0.6 is 34.7 Å². The quantitative estimate of drug-likeness (QED) is 0.225. The van der Waals surface area contributed by atoms with E-state index < -0.39 is 0 Å². The highest BCUT2D eigenvalue weighted by molar-refractivity contribution is 8.01. The molecule has 2 N–H and O–H groups in total. The number of carbonyl (C=O) groups excluding carboxylic acids is 2. The number of thioether (sulfide) groups is 1. The molecule has 0 saturated heterocycles. The molecule has 0 saturated carbocycles. The zero-order chi connectivity index (χ0) is 23.8. The Morgan fingerprint density at radius 3 is 2.53 bits per heavy atom. The highest BCUT2D eigenvalue weighted by atomic mass is 35.5. The zero-order valence-electron chi connectivity index (χ0n) is 17.7. The molecule has 34 heavy (non-hydrogen) atoms. The summed E-state index contributed by atoms with van der Waals surface area (Å²) in [6.07, 6.45) is 0.794. The minimum atomic E-state index is -0.227. The van der Waals surface area contributed by atoms with Crippen LogP contribution < -0.4 is 10.6 Å². The standard InChI is InChI=1S/C22H19ClN6O3S2/c23-15-6-8-16(9-7-15)24-18(31)12-13-33-22-28-27-21(34-22)25-17(30)10-11-19-26-20(29-32-19)14-4-2-1-3-5-14/h1-9H,10-13H2,(H,24,31)(H,25,27,30). The maximum atomic E-state index is 12.2. The summed E-state index contributed by atoms with van der Waals surface area (Å²) in [4.78, 5) is 28.6. The predicted molar refractivity (Wildman–Crippen MR) is 132 cm³/mol. The number of carbonyl (C=O) groups is 2. The van der Waals surface area contributed by atoms with Crippen molar-refractivity contribution in [2.45, 2.75) is 23.6 Å². The molecular formula is C22H19ClN6O3S2. The number of nitrogens with one attached hydrogen (secondary N) is 2. The third-order valence-corrected chi connectivity index (χ3v) is 6.63. The van der Waals surface area contributed by atoms with Crippen molar-refractivity contribution in [2.24, 2.45) is 0 Å². The molecule has 0 spiro atoms. The molecule has 2 amide bonds. The average molecular weight is 515 g/mol. The van der Waals surface area contributed by atoms with Gasteiger partial charge in [0, 0.05) is 41.3 Å². The van der Waals surface area contributed by atoms with Gasteiger partial charge in [-0.05, 0) is 24.3 Å². The van der Waals surface area contributed by atoms with Crippen LogP contribution in [0.4, 0.5) is 10.8 Å². The lowest BCUT2D eigenvalue weighted by Gasteiger charge is -2.04. The van der Waals surface area contributed by atoms with Gasteiger partial charge in [0.15, 0.2) is 4.34 Å². The summed E-state index contributed by atoms with van der Waals surface area (Å²) in [5.41, 5.74) is 1.54. The first-order valence-corrected chi connectivity index (χ1v) is 12.4. The first-order chi connectivity index (χ1) is 16.5. The Morgan fingerprint density at radius 1 is 0.971 bits per heavy atom. The SMILES string of the molecule is O=C(CCSc1nnc(NC(=O)CCc2nc(-c3ccccc3)no2)s1)Nc1ccc(Cl)cc1. The van der Waals surface area contributed by atoms with Crippen molar-refractivity contribution in [1.29, 1.82) is 0 Å². The van der Waals surface area contributed by atoms with Crippen molar-refractivity contribution < 1.29 is 14.1 Å². The van der Waals surface area contributed by atoms with E-state index in [1.54, 1.807) is 24.3 Å². The summed E-state index contributed by atoms with van der Waals surface area (Å²) in [6.45, 7) is 0. The summed E-state index contributed by atoms with van der Waals surface area (Å²) < 4.78 is 5.89. The molecule has 4 rings (SSSR count). The Hall–Kier alpha value is -3.28. The third-order valence-electron chi connectivity index (χ3n) is 4.40. The van der Waals surface area contributed by atoms with Gasteiger partial charge < -0.3 is 15.2 Å². The van der Waals surface area contributed by atoms with E-state index in [1.165, 1.54) is 23.1 Å². The number of anilines is 2. The van der Waals surface area contributed by atoms with Gasteiger partial charge in [-0.1, -0.05) is 70.2 Å². The fraction of sp³-hybridized carbons (Fsp3) is 0.182. The van der Waals surface area contributed by atoms with E-state index in [2.05, 4.69) is 31.0 Å². The van der Waals surface area contributed by atoms with Gasteiger partial charge in [-0.25, -0.2) is 0 Å². The van der Waals surface area contributed by atoms with Gasteiger partial charge >= 0.3 is 0 Å². The lowest BCUT2D eigenvalue weighted by atomic mass is 10.2. The number of halogens is 1. The van der Waals surface area contributed by atoms with Crippen molar-refractivity contribution in [3.63, 3.8) is 0 Å². The Bertz CT molecular complexity index is 1250. The number of nitrogens with zero attached hydrogens (tertiary/aromatic N) is 4. The van der Waals surface area contributed by atoms with Crippen LogP contribution in [0.15, 0.2) is 63.5 Å². The molecule has 4 aromatic rings. The number of rotatable bonds is 10. The largest absolute Gasteiger partial charge is 0.339 e. The van der Waals surface area contributed by atoms with Crippen LogP contribution in [0.1, 0.15) is 18.7 Å². The van der Waals surface area contributed by atoms with Crippen LogP contribution in [0.3, 0.4) is 0 Å². The van der Waals surface area contributed by atoms with Gasteiger partial charge in [0.1, 0.15) is 0 Å². The molecule has 12 heteroatoms. The number of aryl methyl sites for hydroxylation is 1. The van der Waals surface area contributed by atoms with E-state index in [-0.39, 0.29) is 18.2 Å². The van der Waals surface area contributed by atoms with Gasteiger partial charge in [-0.3, -0.25) is 9.59 Å². The lowest BCUT2D eigenvalue weighted by molar-refractivity contribution is -0.116. The maximum absolute atomic E-state index is 12.2. The van der Waals surface area contributed by atoms with Crippen LogP contribution in [-0.2, 0) is 16.0 Å². The Labute approximate surface area is 208 Å². The molecule has 9 nitrogen and oxygen atoms in total. The molecule has 2 aromatic carbocycles. The smallest absolute Gasteiger partial charge is 0.227 e. The van der Waals surface area contributed by atoms with E-state index in [0.717, 1.165) is 5.56 Å². The Balaban J connectivity index is 1.17. The van der Waals surface area contributed by atoms with Crippen molar-refractivity contribution >= 4 is 57.3 Å². The topological polar surface area (TPSA) is 123 Å². The van der Waals surface area contributed by atoms with E-state index in [4.69, 9.17) is 16.1 Å². The van der Waals surface area contributed by atoms with Gasteiger partial charge in [0.05, 0.1) is 0 Å². The van der Waals surface area contributed by atoms with Crippen LogP contribution in [0.5, 0.6) is 0 Å². The molecule has 0 aliphatic heterocycles.